The van der Waals surface area contributed by atoms with Crippen LogP contribution in [-0.4, -0.2) is 25.6 Å². The third-order valence-corrected chi connectivity index (χ3v) is 3.27. The van der Waals surface area contributed by atoms with Crippen molar-refractivity contribution in [3.63, 3.8) is 0 Å². The summed E-state index contributed by atoms with van der Waals surface area (Å²) in [5.41, 5.74) is 4.14. The molecule has 1 aliphatic heterocycles. The smallest absolute Gasteiger partial charge is 0.275 e. The van der Waals surface area contributed by atoms with E-state index in [1.54, 1.807) is 6.07 Å². The van der Waals surface area contributed by atoms with E-state index < -0.39 is 0 Å². The number of carbonyl (C=O) groups is 1. The average Bonchev–Trinajstić information content (AvgIpc) is 2.40. The van der Waals surface area contributed by atoms with Gasteiger partial charge < -0.3 is 5.32 Å². The van der Waals surface area contributed by atoms with Gasteiger partial charge in [-0.05, 0) is 43.9 Å². The standard InChI is InChI=1S/C14H20N2O2/c1-11-5-2-3-7-13(11)14(17)16-18-10-12-6-4-8-15-9-12/h2-3,5,7,12,15H,4,6,8-10H2,1H3,(H,16,17). The van der Waals surface area contributed by atoms with E-state index >= 15 is 0 Å². The number of amides is 1. The molecule has 1 aromatic carbocycles. The Kier molecular flexibility index (Phi) is 4.73. The van der Waals surface area contributed by atoms with Crippen LogP contribution in [0.2, 0.25) is 0 Å². The molecule has 0 bridgehead atoms. The molecule has 18 heavy (non-hydrogen) atoms. The maximum atomic E-state index is 11.9. The molecule has 2 N–H and O–H groups in total. The number of benzene rings is 1. The predicted octanol–water partition coefficient (Wildman–Crippen LogP) is 1.66. The van der Waals surface area contributed by atoms with Gasteiger partial charge in [0.25, 0.3) is 5.91 Å². The van der Waals surface area contributed by atoms with Gasteiger partial charge in [-0.3, -0.25) is 9.63 Å². The minimum atomic E-state index is -0.170. The minimum absolute atomic E-state index is 0.170. The molecule has 1 saturated heterocycles. The Morgan fingerprint density at radius 2 is 2.33 bits per heavy atom. The van der Waals surface area contributed by atoms with E-state index in [0.29, 0.717) is 18.1 Å². The molecule has 98 valence electrons. The van der Waals surface area contributed by atoms with Crippen LogP contribution in [0.15, 0.2) is 24.3 Å². The van der Waals surface area contributed by atoms with Crippen LogP contribution in [0.1, 0.15) is 28.8 Å². The van der Waals surface area contributed by atoms with Gasteiger partial charge in [0.05, 0.1) is 6.61 Å². The number of nitrogens with one attached hydrogen (secondary N) is 2. The van der Waals surface area contributed by atoms with Gasteiger partial charge in [0.1, 0.15) is 0 Å². The first-order chi connectivity index (χ1) is 8.77. The average molecular weight is 248 g/mol. The molecule has 1 amide bonds. The zero-order valence-electron chi connectivity index (χ0n) is 10.7. The highest BCUT2D eigenvalue weighted by molar-refractivity contribution is 5.94. The van der Waals surface area contributed by atoms with E-state index in [1.165, 1.54) is 6.42 Å². The first-order valence-electron chi connectivity index (χ1n) is 6.46. The summed E-state index contributed by atoms with van der Waals surface area (Å²) in [6.07, 6.45) is 2.34. The van der Waals surface area contributed by atoms with Gasteiger partial charge in [0.15, 0.2) is 0 Å². The summed E-state index contributed by atoms with van der Waals surface area (Å²) in [5, 5.41) is 3.32. The van der Waals surface area contributed by atoms with Crippen molar-refractivity contribution in [2.24, 2.45) is 5.92 Å². The molecule has 1 aliphatic rings. The SMILES string of the molecule is Cc1ccccc1C(=O)NOCC1CCCNC1. The lowest BCUT2D eigenvalue weighted by atomic mass is 10.0. The lowest BCUT2D eigenvalue weighted by Gasteiger charge is -2.22. The third kappa shape index (κ3) is 3.55. The van der Waals surface area contributed by atoms with Crippen molar-refractivity contribution in [2.75, 3.05) is 19.7 Å². The van der Waals surface area contributed by atoms with Crippen LogP contribution in [0.3, 0.4) is 0 Å². The van der Waals surface area contributed by atoms with Gasteiger partial charge in [-0.1, -0.05) is 18.2 Å². The molecular formula is C14H20N2O2. The Bertz CT molecular complexity index is 401. The molecule has 0 radical (unpaired) electrons. The van der Waals surface area contributed by atoms with Crippen LogP contribution in [0, 0.1) is 12.8 Å². The third-order valence-electron chi connectivity index (χ3n) is 3.27. The Morgan fingerprint density at radius 1 is 1.50 bits per heavy atom. The molecule has 0 saturated carbocycles. The summed E-state index contributed by atoms with van der Waals surface area (Å²) in [6.45, 7) is 4.55. The molecule has 1 fully saturated rings. The van der Waals surface area contributed by atoms with Gasteiger partial charge in [0.2, 0.25) is 0 Å². The zero-order valence-corrected chi connectivity index (χ0v) is 10.7. The highest BCUT2D eigenvalue weighted by Gasteiger charge is 2.14. The summed E-state index contributed by atoms with van der Waals surface area (Å²) in [6, 6.07) is 7.49. The topological polar surface area (TPSA) is 50.4 Å². The predicted molar refractivity (Wildman–Crippen MR) is 70.2 cm³/mol. The molecule has 1 atom stereocenters. The number of rotatable bonds is 4. The second-order valence-corrected chi connectivity index (χ2v) is 4.77. The fraction of sp³-hybridized carbons (Fsp3) is 0.500. The highest BCUT2D eigenvalue weighted by Crippen LogP contribution is 2.10. The summed E-state index contributed by atoms with van der Waals surface area (Å²) < 4.78 is 0. The first kappa shape index (κ1) is 13.1. The Morgan fingerprint density at radius 3 is 3.06 bits per heavy atom. The molecule has 4 heteroatoms. The second kappa shape index (κ2) is 6.52. The largest absolute Gasteiger partial charge is 0.316 e. The number of hydrogen-bond donors (Lipinski definition) is 2. The Balaban J connectivity index is 1.76. The van der Waals surface area contributed by atoms with Crippen molar-refractivity contribution in [3.05, 3.63) is 35.4 Å². The maximum absolute atomic E-state index is 11.9. The number of hydroxylamine groups is 1. The molecule has 1 unspecified atom stereocenters. The zero-order chi connectivity index (χ0) is 12.8. The van der Waals surface area contributed by atoms with E-state index in [4.69, 9.17) is 4.84 Å². The maximum Gasteiger partial charge on any atom is 0.275 e. The van der Waals surface area contributed by atoms with E-state index in [1.807, 2.05) is 25.1 Å². The molecule has 2 rings (SSSR count). The van der Waals surface area contributed by atoms with Gasteiger partial charge in [-0.2, -0.15) is 0 Å². The van der Waals surface area contributed by atoms with Crippen molar-refractivity contribution in [1.29, 1.82) is 0 Å². The number of carbonyl (C=O) groups excluding carboxylic acids is 1. The van der Waals surface area contributed by atoms with Crippen LogP contribution < -0.4 is 10.8 Å². The van der Waals surface area contributed by atoms with E-state index in [0.717, 1.165) is 25.1 Å². The van der Waals surface area contributed by atoms with Gasteiger partial charge in [0, 0.05) is 12.1 Å². The molecule has 0 aliphatic carbocycles. The Hall–Kier alpha value is -1.39. The van der Waals surface area contributed by atoms with Crippen LogP contribution in [0.4, 0.5) is 0 Å². The van der Waals surface area contributed by atoms with Crippen LogP contribution >= 0.6 is 0 Å². The highest BCUT2D eigenvalue weighted by atomic mass is 16.6. The molecule has 1 heterocycles. The van der Waals surface area contributed by atoms with Crippen LogP contribution in [-0.2, 0) is 4.84 Å². The monoisotopic (exact) mass is 248 g/mol. The Labute approximate surface area is 108 Å². The van der Waals surface area contributed by atoms with Crippen LogP contribution in [0.5, 0.6) is 0 Å². The molecule has 4 nitrogen and oxygen atoms in total. The lowest BCUT2D eigenvalue weighted by molar-refractivity contribution is 0.0127. The lowest BCUT2D eigenvalue weighted by Crippen LogP contribution is -2.35. The minimum Gasteiger partial charge on any atom is -0.316 e. The quantitative estimate of drug-likeness (QED) is 0.797. The van der Waals surface area contributed by atoms with Gasteiger partial charge in [-0.15, -0.1) is 0 Å². The molecule has 0 aromatic heterocycles. The van der Waals surface area contributed by atoms with E-state index in [9.17, 15) is 4.79 Å². The van der Waals surface area contributed by atoms with Crippen molar-refractivity contribution in [2.45, 2.75) is 19.8 Å². The second-order valence-electron chi connectivity index (χ2n) is 4.77. The van der Waals surface area contributed by atoms with Crippen molar-refractivity contribution < 1.29 is 9.63 Å². The molecule has 0 spiro atoms. The number of aryl methyl sites for hydroxylation is 1. The summed E-state index contributed by atoms with van der Waals surface area (Å²) in [4.78, 5) is 17.2. The normalized spacial score (nSPS) is 19.5. The molecular weight excluding hydrogens is 228 g/mol. The summed E-state index contributed by atoms with van der Waals surface area (Å²) >= 11 is 0. The van der Waals surface area contributed by atoms with E-state index in [-0.39, 0.29) is 5.91 Å². The first-order valence-corrected chi connectivity index (χ1v) is 6.46. The number of piperidine rings is 1. The summed E-state index contributed by atoms with van der Waals surface area (Å²) in [7, 11) is 0. The van der Waals surface area contributed by atoms with Crippen molar-refractivity contribution >= 4 is 5.91 Å². The van der Waals surface area contributed by atoms with Gasteiger partial charge in [-0.25, -0.2) is 5.48 Å². The number of hydrogen-bond acceptors (Lipinski definition) is 3. The summed E-state index contributed by atoms with van der Waals surface area (Å²) in [5.74, 6) is 0.327. The molecule has 1 aromatic rings. The van der Waals surface area contributed by atoms with Gasteiger partial charge >= 0.3 is 0 Å². The fourth-order valence-corrected chi connectivity index (χ4v) is 2.17. The van der Waals surface area contributed by atoms with Crippen molar-refractivity contribution in [1.82, 2.24) is 10.8 Å². The van der Waals surface area contributed by atoms with E-state index in [2.05, 4.69) is 10.8 Å². The van der Waals surface area contributed by atoms with Crippen molar-refractivity contribution in [3.8, 4) is 0 Å². The van der Waals surface area contributed by atoms with Crippen LogP contribution in [0.25, 0.3) is 0 Å². The fourth-order valence-electron chi connectivity index (χ4n) is 2.17.